The second kappa shape index (κ2) is 7.57. The lowest BCUT2D eigenvalue weighted by atomic mass is 10.1. The summed E-state index contributed by atoms with van der Waals surface area (Å²) in [5, 5.41) is 10.4. The van der Waals surface area contributed by atoms with E-state index in [0.29, 0.717) is 23.9 Å². The third-order valence-corrected chi connectivity index (χ3v) is 4.52. The van der Waals surface area contributed by atoms with Crippen LogP contribution in [0.4, 0.5) is 0 Å². The van der Waals surface area contributed by atoms with Gasteiger partial charge in [0.15, 0.2) is 0 Å². The van der Waals surface area contributed by atoms with Crippen LogP contribution in [0.1, 0.15) is 28.9 Å². The highest BCUT2D eigenvalue weighted by molar-refractivity contribution is 5.78. The molecule has 0 bridgehead atoms. The summed E-state index contributed by atoms with van der Waals surface area (Å²) in [7, 11) is 0. The van der Waals surface area contributed by atoms with Gasteiger partial charge >= 0.3 is 0 Å². The summed E-state index contributed by atoms with van der Waals surface area (Å²) in [5.74, 6) is 0.487. The van der Waals surface area contributed by atoms with Gasteiger partial charge in [0.1, 0.15) is 11.4 Å². The molecule has 2 aromatic rings. The quantitative estimate of drug-likeness (QED) is 0.876. The minimum absolute atomic E-state index is 0.0223. The highest BCUT2D eigenvalue weighted by Gasteiger charge is 2.23. The van der Waals surface area contributed by atoms with Crippen LogP contribution in [0.25, 0.3) is 0 Å². The Labute approximate surface area is 142 Å². The lowest BCUT2D eigenvalue weighted by Crippen LogP contribution is -2.32. The van der Waals surface area contributed by atoms with Crippen molar-refractivity contribution >= 4 is 5.91 Å². The topological polar surface area (TPSA) is 71.3 Å². The fourth-order valence-electron chi connectivity index (χ4n) is 3.17. The smallest absolute Gasteiger partial charge is 0.226 e. The van der Waals surface area contributed by atoms with Crippen LogP contribution < -0.4 is 5.32 Å². The number of rotatable bonds is 6. The molecule has 1 aliphatic rings. The highest BCUT2D eigenvalue weighted by atomic mass is 16.6. The molecule has 2 heterocycles. The first-order valence-electron chi connectivity index (χ1n) is 8.43. The number of aromatic nitrogens is 2. The Morgan fingerprint density at radius 1 is 1.38 bits per heavy atom. The number of hydrogen-bond donors (Lipinski definition) is 1. The second-order valence-electron chi connectivity index (χ2n) is 6.66. The van der Waals surface area contributed by atoms with Crippen LogP contribution in [-0.4, -0.2) is 40.8 Å². The van der Waals surface area contributed by atoms with Gasteiger partial charge in [-0.3, -0.25) is 9.69 Å². The van der Waals surface area contributed by atoms with Crippen LogP contribution in [0.2, 0.25) is 0 Å². The van der Waals surface area contributed by atoms with Crippen molar-refractivity contribution in [2.45, 2.75) is 33.2 Å². The van der Waals surface area contributed by atoms with Gasteiger partial charge in [-0.25, -0.2) is 4.63 Å². The van der Waals surface area contributed by atoms with Crippen LogP contribution in [0, 0.1) is 19.8 Å². The van der Waals surface area contributed by atoms with Crippen LogP contribution in [0.5, 0.6) is 0 Å². The van der Waals surface area contributed by atoms with Gasteiger partial charge in [-0.1, -0.05) is 40.1 Å². The number of likely N-dealkylation sites (tertiary alicyclic amines) is 1. The van der Waals surface area contributed by atoms with Gasteiger partial charge in [-0.05, 0) is 38.3 Å². The largest absolute Gasteiger partial charge is 0.355 e. The zero-order valence-corrected chi connectivity index (χ0v) is 14.3. The van der Waals surface area contributed by atoms with E-state index in [4.69, 9.17) is 0 Å². The number of nitrogens with zero attached hydrogens (tertiary/aromatic N) is 3. The van der Waals surface area contributed by atoms with Crippen molar-refractivity contribution in [2.24, 2.45) is 5.92 Å². The second-order valence-corrected chi connectivity index (χ2v) is 6.66. The number of carbonyl (C=O) groups excluding carboxylic acids is 1. The van der Waals surface area contributed by atoms with Crippen molar-refractivity contribution in [2.75, 3.05) is 19.6 Å². The van der Waals surface area contributed by atoms with Crippen LogP contribution in [0.15, 0.2) is 28.9 Å². The van der Waals surface area contributed by atoms with Crippen molar-refractivity contribution in [3.8, 4) is 0 Å². The minimum atomic E-state index is -0.0223. The molecule has 0 spiro atoms. The zero-order valence-electron chi connectivity index (χ0n) is 14.3. The van der Waals surface area contributed by atoms with E-state index in [-0.39, 0.29) is 12.3 Å². The molecule has 0 saturated carbocycles. The van der Waals surface area contributed by atoms with Gasteiger partial charge in [0.2, 0.25) is 5.91 Å². The molecule has 0 radical (unpaired) electrons. The number of amides is 1. The van der Waals surface area contributed by atoms with Gasteiger partial charge in [-0.15, -0.1) is 0 Å². The predicted molar refractivity (Wildman–Crippen MR) is 90.3 cm³/mol. The van der Waals surface area contributed by atoms with Gasteiger partial charge in [0.05, 0.1) is 6.42 Å². The van der Waals surface area contributed by atoms with E-state index in [2.05, 4.69) is 56.3 Å². The third kappa shape index (κ3) is 4.41. The van der Waals surface area contributed by atoms with Gasteiger partial charge in [-0.2, -0.15) is 0 Å². The molecule has 24 heavy (non-hydrogen) atoms. The Morgan fingerprint density at radius 3 is 3.00 bits per heavy atom. The molecule has 1 unspecified atom stereocenters. The van der Waals surface area contributed by atoms with E-state index in [1.807, 2.05) is 0 Å². The molecule has 6 heteroatoms. The maximum Gasteiger partial charge on any atom is 0.226 e. The van der Waals surface area contributed by atoms with Gasteiger partial charge in [0.25, 0.3) is 0 Å². The van der Waals surface area contributed by atoms with Crippen molar-refractivity contribution in [3.05, 3.63) is 46.8 Å². The minimum Gasteiger partial charge on any atom is -0.355 e. The monoisotopic (exact) mass is 328 g/mol. The molecular formula is C18H24N4O2. The maximum atomic E-state index is 12.0. The fourth-order valence-corrected chi connectivity index (χ4v) is 3.17. The van der Waals surface area contributed by atoms with E-state index in [9.17, 15) is 4.79 Å². The predicted octanol–water partition coefficient (Wildman–Crippen LogP) is 1.87. The van der Waals surface area contributed by atoms with Crippen molar-refractivity contribution in [1.82, 2.24) is 20.5 Å². The average molecular weight is 328 g/mol. The number of benzene rings is 1. The Balaban J connectivity index is 1.41. The molecule has 0 aliphatic carbocycles. The van der Waals surface area contributed by atoms with Crippen molar-refractivity contribution in [3.63, 3.8) is 0 Å². The summed E-state index contributed by atoms with van der Waals surface area (Å²) in [5.41, 5.74) is 3.94. The third-order valence-electron chi connectivity index (χ3n) is 4.52. The molecule has 6 nitrogen and oxygen atoms in total. The van der Waals surface area contributed by atoms with E-state index < -0.39 is 0 Å². The number of aryl methyl sites for hydroxylation is 2. The van der Waals surface area contributed by atoms with Crippen LogP contribution >= 0.6 is 0 Å². The number of nitrogens with one attached hydrogen (secondary N) is 1. The van der Waals surface area contributed by atoms with E-state index in [1.54, 1.807) is 6.92 Å². The summed E-state index contributed by atoms with van der Waals surface area (Å²) in [4.78, 5) is 14.5. The van der Waals surface area contributed by atoms with Crippen molar-refractivity contribution in [1.29, 1.82) is 0 Å². The molecular weight excluding hydrogens is 304 g/mol. The maximum absolute atomic E-state index is 12.0. The van der Waals surface area contributed by atoms with Gasteiger partial charge in [0, 0.05) is 19.6 Å². The first kappa shape index (κ1) is 16.6. The van der Waals surface area contributed by atoms with Crippen molar-refractivity contribution < 1.29 is 9.42 Å². The highest BCUT2D eigenvalue weighted by Crippen LogP contribution is 2.18. The molecule has 1 aliphatic heterocycles. The van der Waals surface area contributed by atoms with Crippen LogP contribution in [-0.2, 0) is 17.8 Å². The molecule has 1 atom stereocenters. The molecule has 1 saturated heterocycles. The summed E-state index contributed by atoms with van der Waals surface area (Å²) in [6.45, 7) is 7.72. The summed E-state index contributed by atoms with van der Waals surface area (Å²) in [6, 6.07) is 8.65. The first-order valence-corrected chi connectivity index (χ1v) is 8.43. The number of hydrogen-bond acceptors (Lipinski definition) is 5. The molecule has 1 N–H and O–H groups in total. The molecule has 1 fully saturated rings. The first-order chi connectivity index (χ1) is 11.6. The fraction of sp³-hybridized carbons (Fsp3) is 0.500. The Kier molecular flexibility index (Phi) is 5.25. The number of carbonyl (C=O) groups is 1. The normalized spacial score (nSPS) is 18.0. The lowest BCUT2D eigenvalue weighted by Gasteiger charge is -2.16. The zero-order chi connectivity index (χ0) is 16.9. The SMILES string of the molecule is Cc1cccc(CN2CCC(CNC(=O)Cc3nonc3C)C2)c1. The Hall–Kier alpha value is -2.21. The molecule has 3 rings (SSSR count). The Bertz CT molecular complexity index is 698. The van der Waals surface area contributed by atoms with E-state index in [0.717, 1.165) is 26.1 Å². The molecule has 1 aromatic carbocycles. The Morgan fingerprint density at radius 2 is 2.25 bits per heavy atom. The summed E-state index contributed by atoms with van der Waals surface area (Å²) in [6.07, 6.45) is 1.35. The van der Waals surface area contributed by atoms with Gasteiger partial charge < -0.3 is 5.32 Å². The standard InChI is InChI=1S/C18H24N4O2/c1-13-4-3-5-15(8-13)11-22-7-6-16(12-22)10-19-18(23)9-17-14(2)20-24-21-17/h3-5,8,16H,6-7,9-12H2,1-2H3,(H,19,23). The van der Waals surface area contributed by atoms with E-state index >= 15 is 0 Å². The summed E-state index contributed by atoms with van der Waals surface area (Å²) >= 11 is 0. The molecule has 1 amide bonds. The molecule has 128 valence electrons. The van der Waals surface area contributed by atoms with Crippen LogP contribution in [0.3, 0.4) is 0 Å². The molecule has 1 aromatic heterocycles. The summed E-state index contributed by atoms with van der Waals surface area (Å²) < 4.78 is 4.62. The van der Waals surface area contributed by atoms with E-state index in [1.165, 1.54) is 11.1 Å². The lowest BCUT2D eigenvalue weighted by molar-refractivity contribution is -0.120. The average Bonchev–Trinajstić information content (AvgIpc) is 3.15.